The predicted molar refractivity (Wildman–Crippen MR) is 124 cm³/mol. The fourth-order valence-electron chi connectivity index (χ4n) is 2.87. The van der Waals surface area contributed by atoms with E-state index in [1.54, 1.807) is 36.4 Å². The zero-order chi connectivity index (χ0) is 24.2. The van der Waals surface area contributed by atoms with Gasteiger partial charge in [-0.2, -0.15) is 13.2 Å². The lowest BCUT2D eigenvalue weighted by Crippen LogP contribution is -2.20. The van der Waals surface area contributed by atoms with Crippen molar-refractivity contribution in [3.8, 4) is 5.75 Å². The van der Waals surface area contributed by atoms with E-state index in [1.165, 1.54) is 30.3 Å². The molecule has 0 aromatic heterocycles. The number of carbonyl (C=O) groups excluding carboxylic acids is 1. The van der Waals surface area contributed by atoms with Crippen molar-refractivity contribution in [2.24, 2.45) is 0 Å². The Kier molecular flexibility index (Phi) is 7.08. The maximum atomic E-state index is 13.0. The first-order valence-electron chi connectivity index (χ1n) is 9.65. The highest BCUT2D eigenvalue weighted by Crippen LogP contribution is 2.28. The molecule has 3 rings (SSSR count). The predicted octanol–water partition coefficient (Wildman–Crippen LogP) is 6.64. The number of hydrogen-bond donors (Lipinski definition) is 4. The van der Waals surface area contributed by atoms with Crippen LogP contribution < -0.4 is 10.6 Å². The van der Waals surface area contributed by atoms with Gasteiger partial charge in [-0.1, -0.05) is 41.9 Å². The fraction of sp³-hybridized carbons (Fsp3) is 0.0833. The molecule has 0 bridgehead atoms. The van der Waals surface area contributed by atoms with E-state index in [-0.39, 0.29) is 27.7 Å². The largest absolute Gasteiger partial charge is 0.506 e. The summed E-state index contributed by atoms with van der Waals surface area (Å²) in [7, 11) is 0. The molecule has 0 spiro atoms. The number of para-hydroxylation sites is 1. The van der Waals surface area contributed by atoms with Crippen molar-refractivity contribution in [3.63, 3.8) is 0 Å². The van der Waals surface area contributed by atoms with Gasteiger partial charge >= 0.3 is 6.18 Å². The first-order valence-corrected chi connectivity index (χ1v) is 10.0. The smallest absolute Gasteiger partial charge is 0.432 e. The molecule has 0 saturated heterocycles. The number of alkyl halides is 3. The second-order valence-corrected chi connectivity index (χ2v) is 7.53. The van der Waals surface area contributed by atoms with Crippen molar-refractivity contribution >= 4 is 40.3 Å². The lowest BCUT2D eigenvalue weighted by atomic mass is 10.1. The Morgan fingerprint density at radius 2 is 1.61 bits per heavy atom. The average molecular weight is 474 g/mol. The number of amides is 1. The van der Waals surface area contributed by atoms with Crippen molar-refractivity contribution in [1.82, 2.24) is 0 Å². The van der Waals surface area contributed by atoms with Gasteiger partial charge in [0.15, 0.2) is 0 Å². The minimum absolute atomic E-state index is 0.0197. The van der Waals surface area contributed by atoms with Crippen molar-refractivity contribution in [2.45, 2.75) is 13.1 Å². The summed E-state index contributed by atoms with van der Waals surface area (Å²) in [5.41, 5.74) is 0.399. The Bertz CT molecular complexity index is 1220. The van der Waals surface area contributed by atoms with Gasteiger partial charge in [-0.25, -0.2) is 0 Å². The van der Waals surface area contributed by atoms with Crippen LogP contribution in [0.5, 0.6) is 5.75 Å². The SMILES string of the molecule is Cc1ccc(O)c(NC(=O)c2ccc(/C(=C/C(=N)C(F)(F)F)Nc3ccccc3Cl)cc2)c1. The van der Waals surface area contributed by atoms with Gasteiger partial charge in [0.05, 0.1) is 16.4 Å². The van der Waals surface area contributed by atoms with Gasteiger partial charge in [0.25, 0.3) is 5.91 Å². The number of anilines is 2. The molecule has 170 valence electrons. The summed E-state index contributed by atoms with van der Waals surface area (Å²) in [4.78, 5) is 12.6. The minimum Gasteiger partial charge on any atom is -0.506 e. The molecule has 0 saturated carbocycles. The molecule has 0 aliphatic rings. The maximum Gasteiger partial charge on any atom is 0.432 e. The molecule has 0 unspecified atom stereocenters. The molecule has 5 nitrogen and oxygen atoms in total. The van der Waals surface area contributed by atoms with Crippen LogP contribution in [-0.2, 0) is 0 Å². The van der Waals surface area contributed by atoms with Crippen LogP contribution in [0.3, 0.4) is 0 Å². The van der Waals surface area contributed by atoms with Crippen LogP contribution in [0.25, 0.3) is 5.70 Å². The summed E-state index contributed by atoms with van der Waals surface area (Å²) >= 11 is 6.11. The highest BCUT2D eigenvalue weighted by Gasteiger charge is 2.33. The quantitative estimate of drug-likeness (QED) is 0.239. The van der Waals surface area contributed by atoms with Crippen LogP contribution in [0.1, 0.15) is 21.5 Å². The molecule has 4 N–H and O–H groups in total. The van der Waals surface area contributed by atoms with Crippen molar-refractivity contribution < 1.29 is 23.1 Å². The van der Waals surface area contributed by atoms with Crippen molar-refractivity contribution in [1.29, 1.82) is 5.41 Å². The van der Waals surface area contributed by atoms with Gasteiger partial charge in [-0.05, 0) is 60.5 Å². The van der Waals surface area contributed by atoms with Crippen molar-refractivity contribution in [3.05, 3.63) is 94.5 Å². The minimum atomic E-state index is -4.83. The third-order valence-electron chi connectivity index (χ3n) is 4.60. The van der Waals surface area contributed by atoms with E-state index in [0.29, 0.717) is 17.3 Å². The summed E-state index contributed by atoms with van der Waals surface area (Å²) in [5, 5.41) is 23.0. The van der Waals surface area contributed by atoms with Gasteiger partial charge in [0, 0.05) is 11.3 Å². The first-order chi connectivity index (χ1) is 15.5. The number of rotatable bonds is 6. The number of benzene rings is 3. The molecule has 0 fully saturated rings. The van der Waals surface area contributed by atoms with E-state index in [2.05, 4.69) is 10.6 Å². The summed E-state index contributed by atoms with van der Waals surface area (Å²) < 4.78 is 39.0. The monoisotopic (exact) mass is 473 g/mol. The standard InChI is InChI=1S/C24H19ClF3N3O2/c1-14-6-11-21(32)20(12-14)31-23(33)16-9-7-15(8-10-16)19(13-22(29)24(26,27)28)30-18-5-3-2-4-17(18)25/h2-13,29-30,32H,1H3,(H,31,33)/b19-13-,29-22?. The molecule has 0 aliphatic carbocycles. The van der Waals surface area contributed by atoms with Crippen LogP contribution >= 0.6 is 11.6 Å². The molecule has 3 aromatic rings. The van der Waals surface area contributed by atoms with Crippen LogP contribution in [0.4, 0.5) is 24.5 Å². The molecular weight excluding hydrogens is 455 g/mol. The molecule has 0 heterocycles. The zero-order valence-corrected chi connectivity index (χ0v) is 18.1. The van der Waals surface area contributed by atoms with E-state index < -0.39 is 17.8 Å². The van der Waals surface area contributed by atoms with Crippen LogP contribution in [0, 0.1) is 12.3 Å². The number of phenols is 1. The number of allylic oxidation sites excluding steroid dienone is 1. The van der Waals surface area contributed by atoms with E-state index in [9.17, 15) is 23.1 Å². The summed E-state index contributed by atoms with van der Waals surface area (Å²) in [6.45, 7) is 1.81. The topological polar surface area (TPSA) is 85.2 Å². The second-order valence-electron chi connectivity index (χ2n) is 7.13. The normalized spacial score (nSPS) is 11.7. The molecular formula is C24H19ClF3N3O2. The zero-order valence-electron chi connectivity index (χ0n) is 17.3. The van der Waals surface area contributed by atoms with Gasteiger partial charge in [-0.3, -0.25) is 10.2 Å². The van der Waals surface area contributed by atoms with E-state index in [0.717, 1.165) is 5.56 Å². The Balaban J connectivity index is 1.89. The van der Waals surface area contributed by atoms with Gasteiger partial charge < -0.3 is 15.7 Å². The van der Waals surface area contributed by atoms with Crippen molar-refractivity contribution in [2.75, 3.05) is 10.6 Å². The highest BCUT2D eigenvalue weighted by molar-refractivity contribution is 6.33. The highest BCUT2D eigenvalue weighted by atomic mass is 35.5. The Morgan fingerprint density at radius 3 is 2.24 bits per heavy atom. The molecule has 33 heavy (non-hydrogen) atoms. The summed E-state index contributed by atoms with van der Waals surface area (Å²) in [6.07, 6.45) is -4.17. The molecule has 9 heteroatoms. The summed E-state index contributed by atoms with van der Waals surface area (Å²) in [6, 6.07) is 17.0. The third-order valence-corrected chi connectivity index (χ3v) is 4.93. The Labute approximate surface area is 193 Å². The number of nitrogens with one attached hydrogen (secondary N) is 3. The molecule has 0 atom stereocenters. The third kappa shape index (κ3) is 6.14. The molecule has 3 aromatic carbocycles. The lowest BCUT2D eigenvalue weighted by molar-refractivity contribution is -0.0583. The summed E-state index contributed by atoms with van der Waals surface area (Å²) in [5.74, 6) is -0.597. The van der Waals surface area contributed by atoms with Gasteiger partial charge in [0.2, 0.25) is 0 Å². The van der Waals surface area contributed by atoms with Gasteiger partial charge in [0.1, 0.15) is 11.5 Å². The number of carbonyl (C=O) groups is 1. The number of halogens is 4. The fourth-order valence-corrected chi connectivity index (χ4v) is 3.05. The van der Waals surface area contributed by atoms with Crippen LogP contribution in [0.15, 0.2) is 72.8 Å². The Hall–Kier alpha value is -3.78. The average Bonchev–Trinajstić information content (AvgIpc) is 2.76. The number of aryl methyl sites for hydroxylation is 1. The van der Waals surface area contributed by atoms with Crippen LogP contribution in [-0.4, -0.2) is 22.9 Å². The molecule has 1 amide bonds. The van der Waals surface area contributed by atoms with Crippen LogP contribution in [0.2, 0.25) is 5.02 Å². The number of aromatic hydroxyl groups is 1. The van der Waals surface area contributed by atoms with Gasteiger partial charge in [-0.15, -0.1) is 0 Å². The maximum absolute atomic E-state index is 13.0. The lowest BCUT2D eigenvalue weighted by Gasteiger charge is -2.15. The molecule has 0 radical (unpaired) electrons. The van der Waals surface area contributed by atoms with E-state index in [4.69, 9.17) is 17.0 Å². The number of phenolic OH excluding ortho intramolecular Hbond substituents is 1. The first kappa shape index (κ1) is 23.9. The molecule has 0 aliphatic heterocycles. The number of hydrogen-bond acceptors (Lipinski definition) is 4. The second kappa shape index (κ2) is 9.79. The van der Waals surface area contributed by atoms with E-state index in [1.807, 2.05) is 6.92 Å². The van der Waals surface area contributed by atoms with E-state index >= 15 is 0 Å². The Morgan fingerprint density at radius 1 is 0.970 bits per heavy atom.